The predicted molar refractivity (Wildman–Crippen MR) is 133 cm³/mol. The molecule has 2 aromatic rings. The molecule has 1 fully saturated rings. The Kier molecular flexibility index (Phi) is 9.62. The van der Waals surface area contributed by atoms with Gasteiger partial charge in [0.05, 0.1) is 6.10 Å². The van der Waals surface area contributed by atoms with Crippen molar-refractivity contribution in [1.82, 2.24) is 15.4 Å². The number of aromatic amines is 1. The molecular formula is C23H35N3O10P+. The van der Waals surface area contributed by atoms with Crippen LogP contribution in [-0.4, -0.2) is 90.4 Å². The number of hydrogen-bond donors (Lipinski definition) is 9. The van der Waals surface area contributed by atoms with Gasteiger partial charge in [-0.05, 0) is 30.9 Å². The summed E-state index contributed by atoms with van der Waals surface area (Å²) in [5.41, 5.74) is 1.24. The molecule has 1 saturated heterocycles. The first-order valence-corrected chi connectivity index (χ1v) is 13.5. The van der Waals surface area contributed by atoms with Crippen molar-refractivity contribution in [2.75, 3.05) is 6.54 Å². The first-order chi connectivity index (χ1) is 17.3. The molecule has 1 aromatic carbocycles. The highest BCUT2D eigenvalue weighted by atomic mass is 31.2. The normalized spacial score (nSPS) is 26.2. The number of carbonyl (C=O) groups excluding carboxylic acids is 1. The molecule has 0 bridgehead atoms. The van der Waals surface area contributed by atoms with Gasteiger partial charge in [-0.2, -0.15) is 9.79 Å². The first kappa shape index (κ1) is 29.4. The SMILES string of the molecule is CC(C)CC(N[P+](O)(O)OC1OC(C)C(O)C(O)C1O)C(=O)NCC(C(=O)O)c1c[nH]c2ccccc12. The number of aliphatic hydroxyl groups is 3. The molecule has 0 radical (unpaired) electrons. The van der Waals surface area contributed by atoms with Gasteiger partial charge in [0.1, 0.15) is 30.3 Å². The molecule has 3 rings (SSSR count). The molecule has 1 aliphatic heterocycles. The van der Waals surface area contributed by atoms with E-state index in [0.29, 0.717) is 10.9 Å². The van der Waals surface area contributed by atoms with Gasteiger partial charge in [0.25, 0.3) is 0 Å². The van der Waals surface area contributed by atoms with Crippen molar-refractivity contribution in [3.05, 3.63) is 36.0 Å². The van der Waals surface area contributed by atoms with Crippen LogP contribution in [-0.2, 0) is 18.8 Å². The van der Waals surface area contributed by atoms with Crippen LogP contribution in [0, 0.1) is 5.92 Å². The van der Waals surface area contributed by atoms with Crippen molar-refractivity contribution in [3.63, 3.8) is 0 Å². The lowest BCUT2D eigenvalue weighted by Crippen LogP contribution is -2.57. The number of hydrogen-bond acceptors (Lipinski definition) is 10. The van der Waals surface area contributed by atoms with Crippen LogP contribution in [0.4, 0.5) is 0 Å². The molecule has 13 nitrogen and oxygen atoms in total. The molecule has 1 aliphatic rings. The van der Waals surface area contributed by atoms with E-state index in [1.807, 2.05) is 6.07 Å². The Morgan fingerprint density at radius 2 is 1.81 bits per heavy atom. The second-order valence-electron chi connectivity index (χ2n) is 9.57. The topological polar surface area (TPSA) is 214 Å². The molecule has 1 amide bonds. The van der Waals surface area contributed by atoms with E-state index in [4.69, 9.17) is 9.26 Å². The van der Waals surface area contributed by atoms with E-state index in [1.54, 1.807) is 38.2 Å². The fraction of sp³-hybridized carbons (Fsp3) is 0.565. The molecule has 7 atom stereocenters. The maximum Gasteiger partial charge on any atom is 0.499 e. The van der Waals surface area contributed by atoms with E-state index < -0.39 is 62.6 Å². The van der Waals surface area contributed by atoms with Gasteiger partial charge in [-0.1, -0.05) is 32.0 Å². The van der Waals surface area contributed by atoms with E-state index in [9.17, 15) is 39.8 Å². The summed E-state index contributed by atoms with van der Waals surface area (Å²) >= 11 is 0. The van der Waals surface area contributed by atoms with Crippen molar-refractivity contribution in [2.45, 2.75) is 69.9 Å². The minimum atomic E-state index is -4.54. The van der Waals surface area contributed by atoms with E-state index in [1.165, 1.54) is 6.92 Å². The Labute approximate surface area is 214 Å². The number of carbonyl (C=O) groups is 2. The van der Waals surface area contributed by atoms with Crippen molar-refractivity contribution in [2.24, 2.45) is 5.92 Å². The summed E-state index contributed by atoms with van der Waals surface area (Å²) in [6.07, 6.45) is -5.80. The average Bonchev–Trinajstić information content (AvgIpc) is 3.24. The van der Waals surface area contributed by atoms with E-state index in [2.05, 4.69) is 15.4 Å². The summed E-state index contributed by atoms with van der Waals surface area (Å²) in [5.74, 6) is -2.99. The van der Waals surface area contributed by atoms with Gasteiger partial charge in [-0.25, -0.2) is 0 Å². The van der Waals surface area contributed by atoms with Crippen LogP contribution in [0.2, 0.25) is 0 Å². The van der Waals surface area contributed by atoms with E-state index in [-0.39, 0.29) is 18.9 Å². The highest BCUT2D eigenvalue weighted by molar-refractivity contribution is 7.57. The number of para-hydroxylation sites is 1. The number of fused-ring (bicyclic) bond motifs is 1. The van der Waals surface area contributed by atoms with Crippen LogP contribution in [0.25, 0.3) is 10.9 Å². The smallest absolute Gasteiger partial charge is 0.481 e. The van der Waals surface area contributed by atoms with Gasteiger partial charge in [0.15, 0.2) is 0 Å². The highest BCUT2D eigenvalue weighted by Crippen LogP contribution is 2.50. The summed E-state index contributed by atoms with van der Waals surface area (Å²) in [6, 6.07) is 5.96. The van der Waals surface area contributed by atoms with E-state index in [0.717, 1.165) is 5.52 Å². The number of aliphatic hydroxyl groups excluding tert-OH is 3. The fourth-order valence-electron chi connectivity index (χ4n) is 4.21. The maximum absolute atomic E-state index is 13.0. The lowest BCUT2D eigenvalue weighted by Gasteiger charge is -2.38. The van der Waals surface area contributed by atoms with Crippen LogP contribution >= 0.6 is 8.09 Å². The molecule has 14 heteroatoms. The zero-order chi connectivity index (χ0) is 27.5. The third-order valence-corrected chi connectivity index (χ3v) is 7.33. The zero-order valence-corrected chi connectivity index (χ0v) is 21.6. The summed E-state index contributed by atoms with van der Waals surface area (Å²) in [4.78, 5) is 49.1. The molecule has 1 aromatic heterocycles. The maximum atomic E-state index is 13.0. The Morgan fingerprint density at radius 3 is 2.46 bits per heavy atom. The number of aromatic nitrogens is 1. The Bertz CT molecular complexity index is 1080. The van der Waals surface area contributed by atoms with Crippen LogP contribution in [0.3, 0.4) is 0 Å². The van der Waals surface area contributed by atoms with Gasteiger partial charge in [0.2, 0.25) is 12.2 Å². The highest BCUT2D eigenvalue weighted by Gasteiger charge is 2.52. The summed E-state index contributed by atoms with van der Waals surface area (Å²) in [5, 5.41) is 45.3. The van der Waals surface area contributed by atoms with Crippen molar-refractivity contribution >= 4 is 30.9 Å². The quantitative estimate of drug-likeness (QED) is 0.171. The number of ether oxygens (including phenoxy) is 1. The minimum absolute atomic E-state index is 0.0827. The van der Waals surface area contributed by atoms with Gasteiger partial charge >= 0.3 is 14.1 Å². The van der Waals surface area contributed by atoms with Crippen LogP contribution in [0.5, 0.6) is 0 Å². The molecule has 206 valence electrons. The predicted octanol–water partition coefficient (Wildman–Crippen LogP) is -0.0371. The second-order valence-corrected chi connectivity index (χ2v) is 11.1. The van der Waals surface area contributed by atoms with Crippen molar-refractivity contribution < 1.29 is 49.1 Å². The lowest BCUT2D eigenvalue weighted by molar-refractivity contribution is -0.271. The number of H-pyrrole nitrogens is 1. The molecule has 37 heavy (non-hydrogen) atoms. The summed E-state index contributed by atoms with van der Waals surface area (Å²) < 4.78 is 10.3. The molecule has 2 heterocycles. The molecular weight excluding hydrogens is 509 g/mol. The number of carboxylic acid groups (broad SMARTS) is 1. The van der Waals surface area contributed by atoms with Crippen LogP contribution in [0.15, 0.2) is 30.5 Å². The Morgan fingerprint density at radius 1 is 1.14 bits per heavy atom. The third kappa shape index (κ3) is 7.23. The van der Waals surface area contributed by atoms with E-state index >= 15 is 0 Å². The number of nitrogens with one attached hydrogen (secondary N) is 3. The monoisotopic (exact) mass is 544 g/mol. The number of benzene rings is 1. The Hall–Kier alpha value is -2.19. The third-order valence-electron chi connectivity index (χ3n) is 6.18. The first-order valence-electron chi connectivity index (χ1n) is 11.9. The van der Waals surface area contributed by atoms with Gasteiger partial charge in [-0.3, -0.25) is 9.59 Å². The van der Waals surface area contributed by atoms with Gasteiger partial charge < -0.3 is 35.5 Å². The van der Waals surface area contributed by atoms with Crippen LogP contribution in [0.1, 0.15) is 38.7 Å². The molecule has 0 spiro atoms. The number of aliphatic carboxylic acids is 1. The molecule has 9 N–H and O–H groups in total. The number of rotatable bonds is 11. The van der Waals surface area contributed by atoms with Gasteiger partial charge in [-0.15, -0.1) is 9.61 Å². The second kappa shape index (κ2) is 12.1. The molecule has 7 unspecified atom stereocenters. The van der Waals surface area contributed by atoms with Crippen LogP contribution < -0.4 is 10.4 Å². The summed E-state index contributed by atoms with van der Waals surface area (Å²) in [6.45, 7) is 4.75. The number of carboxylic acids is 1. The van der Waals surface area contributed by atoms with Crippen molar-refractivity contribution in [3.8, 4) is 0 Å². The minimum Gasteiger partial charge on any atom is -0.481 e. The molecule has 0 saturated carbocycles. The summed E-state index contributed by atoms with van der Waals surface area (Å²) in [7, 11) is -4.54. The van der Waals surface area contributed by atoms with Gasteiger partial charge in [0, 0.05) is 23.6 Å². The largest absolute Gasteiger partial charge is 0.499 e. The lowest BCUT2D eigenvalue weighted by atomic mass is 9.98. The molecule has 0 aliphatic carbocycles. The average molecular weight is 545 g/mol. The standard InChI is InChI=1S/C23H34N3O10P/c1-11(2)8-17(26-37(33,34)36-23-20(29)19(28)18(27)12(3)35-23)21(30)25-10-15(22(31)32)14-9-24-16-7-5-4-6-13(14)16/h4-7,9,11-12,15,17-20,23-24,26-29,33-34H,8,10H2,1-3H3,(H-,25,30,31,32)/p+1. The van der Waals surface area contributed by atoms with Crippen molar-refractivity contribution in [1.29, 1.82) is 0 Å². The Balaban J connectivity index is 1.70. The zero-order valence-electron chi connectivity index (χ0n) is 20.7. The fourth-order valence-corrected chi connectivity index (χ4v) is 5.36. The number of amides is 1.